The Labute approximate surface area is 134 Å². The van der Waals surface area contributed by atoms with Gasteiger partial charge in [0.15, 0.2) is 0 Å². The van der Waals surface area contributed by atoms with Crippen molar-refractivity contribution in [2.75, 3.05) is 5.32 Å². The monoisotopic (exact) mass is 307 g/mol. The maximum Gasteiger partial charge on any atom is 0.255 e. The van der Waals surface area contributed by atoms with E-state index in [2.05, 4.69) is 10.6 Å². The van der Waals surface area contributed by atoms with Gasteiger partial charge in [0.1, 0.15) is 6.07 Å². The molecule has 0 saturated heterocycles. The van der Waals surface area contributed by atoms with Gasteiger partial charge in [0.2, 0.25) is 0 Å². The minimum atomic E-state index is -0.330. The number of nitrogens with zero attached hydrogens (tertiary/aromatic N) is 1. The van der Waals surface area contributed by atoms with Crippen molar-refractivity contribution < 1.29 is 9.59 Å². The van der Waals surface area contributed by atoms with Gasteiger partial charge in [0.05, 0.1) is 11.3 Å². The molecule has 0 aliphatic rings. The molecule has 2 aromatic rings. The molecule has 0 saturated carbocycles. The Morgan fingerprint density at radius 3 is 2.09 bits per heavy atom. The van der Waals surface area contributed by atoms with Crippen LogP contribution in [0.15, 0.2) is 48.5 Å². The van der Waals surface area contributed by atoms with Crippen LogP contribution < -0.4 is 10.6 Å². The minimum Gasteiger partial charge on any atom is -0.350 e. The zero-order chi connectivity index (χ0) is 16.8. The third kappa shape index (κ3) is 4.17. The van der Waals surface area contributed by atoms with Gasteiger partial charge >= 0.3 is 0 Å². The molecular weight excluding hydrogens is 290 g/mol. The molecule has 0 aromatic heterocycles. The van der Waals surface area contributed by atoms with Crippen LogP contribution in [-0.2, 0) is 0 Å². The average molecular weight is 307 g/mol. The zero-order valence-corrected chi connectivity index (χ0v) is 13.0. The lowest BCUT2D eigenvalue weighted by Gasteiger charge is -2.09. The number of carbonyl (C=O) groups excluding carboxylic acids is 2. The van der Waals surface area contributed by atoms with Gasteiger partial charge in [-0.3, -0.25) is 9.59 Å². The minimum absolute atomic E-state index is 0.0490. The molecule has 0 fully saturated rings. The number of nitrogens with one attached hydrogen (secondary N) is 2. The molecular formula is C18H17N3O2. The molecule has 0 aliphatic heterocycles. The molecule has 0 spiro atoms. The summed E-state index contributed by atoms with van der Waals surface area (Å²) >= 11 is 0. The summed E-state index contributed by atoms with van der Waals surface area (Å²) < 4.78 is 0. The van der Waals surface area contributed by atoms with E-state index in [1.165, 1.54) is 0 Å². The average Bonchev–Trinajstić information content (AvgIpc) is 2.55. The van der Waals surface area contributed by atoms with Gasteiger partial charge in [0.25, 0.3) is 11.8 Å². The molecule has 2 amide bonds. The van der Waals surface area contributed by atoms with Crippen molar-refractivity contribution in [2.24, 2.45) is 0 Å². The van der Waals surface area contributed by atoms with Gasteiger partial charge in [-0.2, -0.15) is 5.26 Å². The topological polar surface area (TPSA) is 82.0 Å². The van der Waals surface area contributed by atoms with E-state index in [1.54, 1.807) is 48.5 Å². The van der Waals surface area contributed by atoms with E-state index in [0.29, 0.717) is 22.4 Å². The van der Waals surface area contributed by atoms with Crippen LogP contribution in [0.2, 0.25) is 0 Å². The fourth-order valence-electron chi connectivity index (χ4n) is 2.00. The first-order valence-electron chi connectivity index (χ1n) is 7.22. The predicted octanol–water partition coefficient (Wildman–Crippen LogP) is 2.95. The van der Waals surface area contributed by atoms with Gasteiger partial charge in [0, 0.05) is 17.2 Å². The highest BCUT2D eigenvalue weighted by molar-refractivity contribution is 6.05. The molecule has 0 radical (unpaired) electrons. The van der Waals surface area contributed by atoms with Crippen LogP contribution in [-0.4, -0.2) is 17.9 Å². The van der Waals surface area contributed by atoms with Crippen molar-refractivity contribution >= 4 is 17.5 Å². The predicted molar refractivity (Wildman–Crippen MR) is 88.2 cm³/mol. The smallest absolute Gasteiger partial charge is 0.255 e. The third-order valence-corrected chi connectivity index (χ3v) is 3.12. The van der Waals surface area contributed by atoms with E-state index >= 15 is 0 Å². The van der Waals surface area contributed by atoms with Crippen LogP contribution >= 0.6 is 0 Å². The second-order valence-electron chi connectivity index (χ2n) is 5.32. The van der Waals surface area contributed by atoms with Gasteiger partial charge < -0.3 is 10.6 Å². The first-order valence-corrected chi connectivity index (χ1v) is 7.22. The van der Waals surface area contributed by atoms with Crippen LogP contribution in [0.4, 0.5) is 5.69 Å². The summed E-state index contributed by atoms with van der Waals surface area (Å²) in [6.07, 6.45) is 0. The van der Waals surface area contributed by atoms with Gasteiger partial charge in [-0.25, -0.2) is 0 Å². The van der Waals surface area contributed by atoms with Crippen LogP contribution in [0.5, 0.6) is 0 Å². The molecule has 2 aromatic carbocycles. The summed E-state index contributed by atoms with van der Waals surface area (Å²) in [6, 6.07) is 15.2. The summed E-state index contributed by atoms with van der Waals surface area (Å²) in [6.45, 7) is 3.76. The lowest BCUT2D eigenvalue weighted by atomic mass is 10.1. The van der Waals surface area contributed by atoms with E-state index < -0.39 is 0 Å². The SMILES string of the molecule is CC(C)NC(=O)c1ccc(C(=O)Nc2ccccc2C#N)cc1. The molecule has 2 N–H and O–H groups in total. The molecule has 0 unspecified atom stereocenters. The van der Waals surface area contributed by atoms with Crippen LogP contribution in [0.25, 0.3) is 0 Å². The Bertz CT molecular complexity index is 759. The number of hydrogen-bond acceptors (Lipinski definition) is 3. The summed E-state index contributed by atoms with van der Waals surface area (Å²) in [5.74, 6) is -0.509. The molecule has 2 rings (SSSR count). The van der Waals surface area contributed by atoms with E-state index in [-0.39, 0.29) is 17.9 Å². The molecule has 5 nitrogen and oxygen atoms in total. The Balaban J connectivity index is 2.12. The number of para-hydroxylation sites is 1. The molecule has 0 aliphatic carbocycles. The summed E-state index contributed by atoms with van der Waals surface area (Å²) in [5.41, 5.74) is 1.77. The van der Waals surface area contributed by atoms with Gasteiger partial charge in [-0.1, -0.05) is 12.1 Å². The van der Waals surface area contributed by atoms with E-state index in [1.807, 2.05) is 19.9 Å². The van der Waals surface area contributed by atoms with Crippen LogP contribution in [0.3, 0.4) is 0 Å². The number of amides is 2. The van der Waals surface area contributed by atoms with Crippen molar-refractivity contribution in [3.63, 3.8) is 0 Å². The highest BCUT2D eigenvalue weighted by Gasteiger charge is 2.11. The number of benzene rings is 2. The lowest BCUT2D eigenvalue weighted by molar-refractivity contribution is 0.0941. The Morgan fingerprint density at radius 2 is 1.52 bits per heavy atom. The van der Waals surface area contributed by atoms with Crippen molar-refractivity contribution in [1.29, 1.82) is 5.26 Å². The maximum atomic E-state index is 12.2. The first-order chi connectivity index (χ1) is 11.0. The van der Waals surface area contributed by atoms with E-state index in [0.717, 1.165) is 0 Å². The normalized spacial score (nSPS) is 10.0. The van der Waals surface area contributed by atoms with Crippen molar-refractivity contribution in [1.82, 2.24) is 5.32 Å². The van der Waals surface area contributed by atoms with Crippen molar-refractivity contribution in [2.45, 2.75) is 19.9 Å². The number of rotatable bonds is 4. The highest BCUT2D eigenvalue weighted by atomic mass is 16.2. The second-order valence-corrected chi connectivity index (χ2v) is 5.32. The molecule has 116 valence electrons. The van der Waals surface area contributed by atoms with Gasteiger partial charge in [-0.05, 0) is 50.2 Å². The molecule has 23 heavy (non-hydrogen) atoms. The molecule has 5 heteroatoms. The van der Waals surface area contributed by atoms with E-state index in [4.69, 9.17) is 5.26 Å². The van der Waals surface area contributed by atoms with Gasteiger partial charge in [-0.15, -0.1) is 0 Å². The van der Waals surface area contributed by atoms with Crippen LogP contribution in [0.1, 0.15) is 40.1 Å². The Morgan fingerprint density at radius 1 is 0.957 bits per heavy atom. The fraction of sp³-hybridized carbons (Fsp3) is 0.167. The Kier molecular flexibility index (Phi) is 5.11. The molecule has 0 bridgehead atoms. The standard InChI is InChI=1S/C18H17N3O2/c1-12(2)20-17(22)13-7-9-14(10-8-13)18(23)21-16-6-4-3-5-15(16)11-19/h3-10,12H,1-2H3,(H,20,22)(H,21,23). The number of carbonyl (C=O) groups is 2. The summed E-state index contributed by atoms with van der Waals surface area (Å²) in [5, 5.41) is 14.5. The summed E-state index contributed by atoms with van der Waals surface area (Å²) in [4.78, 5) is 24.1. The number of hydrogen-bond donors (Lipinski definition) is 2. The largest absolute Gasteiger partial charge is 0.350 e. The van der Waals surface area contributed by atoms with E-state index in [9.17, 15) is 9.59 Å². The van der Waals surface area contributed by atoms with Crippen LogP contribution in [0, 0.1) is 11.3 Å². The molecule has 0 heterocycles. The summed E-state index contributed by atoms with van der Waals surface area (Å²) in [7, 11) is 0. The van der Waals surface area contributed by atoms with Crippen molar-refractivity contribution in [3.8, 4) is 6.07 Å². The third-order valence-electron chi connectivity index (χ3n) is 3.12. The lowest BCUT2D eigenvalue weighted by Crippen LogP contribution is -2.30. The first kappa shape index (κ1) is 16.2. The Hall–Kier alpha value is -3.13. The number of anilines is 1. The maximum absolute atomic E-state index is 12.2. The number of nitriles is 1. The second kappa shape index (κ2) is 7.23. The zero-order valence-electron chi connectivity index (χ0n) is 13.0. The highest BCUT2D eigenvalue weighted by Crippen LogP contribution is 2.15. The fourth-order valence-corrected chi connectivity index (χ4v) is 2.00. The molecule has 0 atom stereocenters. The quantitative estimate of drug-likeness (QED) is 0.911. The van der Waals surface area contributed by atoms with Crippen molar-refractivity contribution in [3.05, 3.63) is 65.2 Å².